The third-order valence-electron chi connectivity index (χ3n) is 0.379. The van der Waals surface area contributed by atoms with Crippen LogP contribution in [0.25, 0.3) is 0 Å². The van der Waals surface area contributed by atoms with E-state index in [2.05, 4.69) is 5.38 Å². The van der Waals surface area contributed by atoms with Gasteiger partial charge in [-0.25, -0.2) is 6.07 Å². The quantitative estimate of drug-likeness (QED) is 0.308. The summed E-state index contributed by atoms with van der Waals surface area (Å²) in [5, 5.41) is 4.89. The van der Waals surface area contributed by atoms with Gasteiger partial charge in [-0.1, -0.05) is 0 Å². The van der Waals surface area contributed by atoms with Gasteiger partial charge in [0.1, 0.15) is 0 Å². The van der Waals surface area contributed by atoms with Crippen molar-refractivity contribution >= 4 is 23.7 Å². The van der Waals surface area contributed by atoms with Gasteiger partial charge in [-0.15, -0.1) is 17.8 Å². The van der Waals surface area contributed by atoms with Crippen LogP contribution >= 0.6 is 23.7 Å². The summed E-state index contributed by atoms with van der Waals surface area (Å²) in [7, 11) is 0. The first-order chi connectivity index (χ1) is 2.50. The van der Waals surface area contributed by atoms with E-state index < -0.39 is 0 Å². The van der Waals surface area contributed by atoms with Crippen LogP contribution in [-0.2, 0) is 0 Å². The molecule has 0 saturated carbocycles. The molecule has 7 heavy (non-hydrogen) atoms. The summed E-state index contributed by atoms with van der Waals surface area (Å²) in [5.74, 6) is 0. The Morgan fingerprint density at radius 2 is 2.14 bits per heavy atom. The fraction of sp³-hybridized carbons (Fsp3) is 0. The fourth-order valence-electron chi connectivity index (χ4n) is 0.196. The van der Waals surface area contributed by atoms with E-state index in [9.17, 15) is 0 Å². The predicted octanol–water partition coefficient (Wildman–Crippen LogP) is -1.03. The van der Waals surface area contributed by atoms with Gasteiger partial charge in [0.25, 0.3) is 0 Å². The molecule has 0 unspecified atom stereocenters. The molecule has 0 nitrogen and oxygen atoms in total. The molecule has 1 heterocycles. The van der Waals surface area contributed by atoms with E-state index in [1.165, 1.54) is 0 Å². The standard InChI is InChI=1S/C4H3S.ClH.Li/c1-2-4-5-3-1;;/h1-3H;1H;/q-1;;+1. The van der Waals surface area contributed by atoms with Gasteiger partial charge < -0.3 is 11.3 Å². The first-order valence-electron chi connectivity index (χ1n) is 1.40. The zero-order valence-corrected chi connectivity index (χ0v) is 5.68. The largest absolute Gasteiger partial charge is 1.00 e. The minimum absolute atomic E-state index is 0. The molecule has 0 N–H and O–H groups in total. The maximum absolute atomic E-state index is 2.90. The van der Waals surface area contributed by atoms with Gasteiger partial charge in [-0.2, -0.15) is 11.4 Å². The predicted molar refractivity (Wildman–Crippen MR) is 30.4 cm³/mol. The monoisotopic (exact) mass is 126 g/mol. The van der Waals surface area contributed by atoms with Gasteiger partial charge in [-0.3, -0.25) is 0 Å². The van der Waals surface area contributed by atoms with Crippen LogP contribution in [0.4, 0.5) is 0 Å². The zero-order chi connectivity index (χ0) is 3.54. The molecule has 34 valence electrons. The van der Waals surface area contributed by atoms with Crippen LogP contribution < -0.4 is 18.9 Å². The van der Waals surface area contributed by atoms with Crippen LogP contribution in [0.15, 0.2) is 17.5 Å². The van der Waals surface area contributed by atoms with Gasteiger partial charge in [-0.05, 0) is 0 Å². The number of thiophene rings is 1. The summed E-state index contributed by atoms with van der Waals surface area (Å²) in [6.45, 7) is 0. The Kier molecular flexibility index (Phi) is 9.92. The number of rotatable bonds is 0. The van der Waals surface area contributed by atoms with Crippen molar-refractivity contribution < 1.29 is 18.9 Å². The number of hydrogen-bond acceptors (Lipinski definition) is 1. The molecule has 0 fully saturated rings. The van der Waals surface area contributed by atoms with E-state index in [4.69, 9.17) is 0 Å². The minimum atomic E-state index is 0. The van der Waals surface area contributed by atoms with Gasteiger partial charge in [0.05, 0.1) is 0 Å². The molecule has 0 aliphatic rings. The van der Waals surface area contributed by atoms with Crippen molar-refractivity contribution in [2.24, 2.45) is 0 Å². The van der Waals surface area contributed by atoms with E-state index >= 15 is 0 Å². The van der Waals surface area contributed by atoms with Crippen LogP contribution in [0.2, 0.25) is 0 Å². The van der Waals surface area contributed by atoms with Crippen molar-refractivity contribution in [2.45, 2.75) is 0 Å². The zero-order valence-electron chi connectivity index (χ0n) is 4.05. The molecule has 0 atom stereocenters. The molecular weight excluding hydrogens is 123 g/mol. The summed E-state index contributed by atoms with van der Waals surface area (Å²) >= 11 is 1.59. The molecular formula is C4H4ClLiS. The molecule has 0 aliphatic heterocycles. The van der Waals surface area contributed by atoms with E-state index in [0.717, 1.165) is 0 Å². The summed E-state index contributed by atoms with van der Waals surface area (Å²) in [6, 6.07) is 3.86. The molecule has 1 aromatic heterocycles. The Balaban J connectivity index is 0. The summed E-state index contributed by atoms with van der Waals surface area (Å²) < 4.78 is 0. The number of hydrogen-bond donors (Lipinski definition) is 0. The molecule has 0 aromatic carbocycles. The molecule has 0 amide bonds. The smallest absolute Gasteiger partial charge is 0.304 e. The molecule has 1 aromatic rings. The third kappa shape index (κ3) is 4.44. The average molecular weight is 127 g/mol. The Hall–Kier alpha value is 0.587. The van der Waals surface area contributed by atoms with Crippen LogP contribution in [-0.4, -0.2) is 0 Å². The Labute approximate surface area is 65.5 Å². The third-order valence-corrected chi connectivity index (χ3v) is 0.944. The van der Waals surface area contributed by atoms with Crippen LogP contribution in [0, 0.1) is 5.38 Å². The van der Waals surface area contributed by atoms with Crippen molar-refractivity contribution in [3.05, 3.63) is 22.9 Å². The SMILES string of the molecule is Cl.[Li+].[c-]1cccs1. The maximum atomic E-state index is 2.90. The van der Waals surface area contributed by atoms with Crippen molar-refractivity contribution in [1.82, 2.24) is 0 Å². The molecule has 0 spiro atoms. The number of halogens is 1. The van der Waals surface area contributed by atoms with E-state index in [1.54, 1.807) is 11.3 Å². The first kappa shape index (κ1) is 10.5. The van der Waals surface area contributed by atoms with Gasteiger partial charge in [0.15, 0.2) is 0 Å². The Bertz CT molecular complexity index is 68.2. The summed E-state index contributed by atoms with van der Waals surface area (Å²) in [6.07, 6.45) is 0. The Morgan fingerprint density at radius 3 is 2.29 bits per heavy atom. The second kappa shape index (κ2) is 6.59. The van der Waals surface area contributed by atoms with Crippen molar-refractivity contribution in [3.63, 3.8) is 0 Å². The summed E-state index contributed by atoms with van der Waals surface area (Å²) in [5.41, 5.74) is 0. The molecule has 0 aliphatic carbocycles. The molecule has 0 bridgehead atoms. The first-order valence-corrected chi connectivity index (χ1v) is 2.27. The molecule has 0 saturated heterocycles. The van der Waals surface area contributed by atoms with Crippen LogP contribution in [0.3, 0.4) is 0 Å². The van der Waals surface area contributed by atoms with Gasteiger partial charge >= 0.3 is 18.9 Å². The summed E-state index contributed by atoms with van der Waals surface area (Å²) in [4.78, 5) is 0. The molecule has 3 heteroatoms. The van der Waals surface area contributed by atoms with Crippen molar-refractivity contribution in [1.29, 1.82) is 0 Å². The van der Waals surface area contributed by atoms with Gasteiger partial charge in [0, 0.05) is 0 Å². The van der Waals surface area contributed by atoms with Crippen LogP contribution in [0.1, 0.15) is 0 Å². The van der Waals surface area contributed by atoms with E-state index in [1.807, 2.05) is 17.5 Å². The van der Waals surface area contributed by atoms with Crippen molar-refractivity contribution in [2.75, 3.05) is 0 Å². The molecule has 1 rings (SSSR count). The Morgan fingerprint density at radius 1 is 1.43 bits per heavy atom. The van der Waals surface area contributed by atoms with E-state index in [0.29, 0.717) is 0 Å². The molecule has 0 radical (unpaired) electrons. The normalized spacial score (nSPS) is 5.71. The van der Waals surface area contributed by atoms with E-state index in [-0.39, 0.29) is 31.3 Å². The van der Waals surface area contributed by atoms with Crippen LogP contribution in [0.5, 0.6) is 0 Å². The second-order valence-corrected chi connectivity index (χ2v) is 1.47. The fourth-order valence-corrected chi connectivity index (χ4v) is 0.589. The van der Waals surface area contributed by atoms with Gasteiger partial charge in [0.2, 0.25) is 0 Å². The average Bonchev–Trinajstić information content (AvgIpc) is 1.76. The second-order valence-electron chi connectivity index (χ2n) is 0.731. The maximum Gasteiger partial charge on any atom is 1.00 e. The van der Waals surface area contributed by atoms with Crippen molar-refractivity contribution in [3.8, 4) is 0 Å². The minimum Gasteiger partial charge on any atom is -0.304 e. The topological polar surface area (TPSA) is 0 Å².